The number of hydrogen-bond acceptors (Lipinski definition) is 3. The maximum absolute atomic E-state index is 13.2. The van der Waals surface area contributed by atoms with Gasteiger partial charge in [-0.1, -0.05) is 0 Å². The normalized spacial score (nSPS) is 29.9. The van der Waals surface area contributed by atoms with Crippen molar-refractivity contribution in [3.05, 3.63) is 35.3 Å². The molecule has 2 heterocycles. The van der Waals surface area contributed by atoms with Crippen LogP contribution in [0.2, 0.25) is 0 Å². The minimum Gasteiger partial charge on any atom is -0.621 e. The first-order chi connectivity index (χ1) is 8.66. The van der Waals surface area contributed by atoms with Gasteiger partial charge in [-0.15, -0.1) is 0 Å². The maximum atomic E-state index is 13.2. The first-order valence-electron chi connectivity index (χ1n) is 6.24. The SMILES string of the molecule is [O-][N+]1(c2ccc(F)cc2)C=NCC12CCNCC2. The van der Waals surface area contributed by atoms with E-state index in [0.29, 0.717) is 12.2 Å². The molecule has 1 atom stereocenters. The van der Waals surface area contributed by atoms with Gasteiger partial charge in [0.15, 0.2) is 6.34 Å². The molecule has 0 saturated carbocycles. The van der Waals surface area contributed by atoms with E-state index in [1.165, 1.54) is 18.5 Å². The van der Waals surface area contributed by atoms with Gasteiger partial charge in [-0.2, -0.15) is 0 Å². The molecular weight excluding hydrogens is 233 g/mol. The van der Waals surface area contributed by atoms with E-state index in [1.807, 2.05) is 0 Å². The van der Waals surface area contributed by atoms with Crippen LogP contribution in [-0.4, -0.2) is 31.5 Å². The zero-order chi connectivity index (χ0) is 12.6. The molecule has 0 aromatic heterocycles. The second kappa shape index (κ2) is 4.12. The minimum absolute atomic E-state index is 0.319. The van der Waals surface area contributed by atoms with Crippen LogP contribution in [0.25, 0.3) is 0 Å². The van der Waals surface area contributed by atoms with Crippen LogP contribution in [0.4, 0.5) is 10.1 Å². The number of hydroxylamine groups is 2. The van der Waals surface area contributed by atoms with Gasteiger partial charge in [0.25, 0.3) is 0 Å². The Morgan fingerprint density at radius 1 is 1.22 bits per heavy atom. The Labute approximate surface area is 105 Å². The van der Waals surface area contributed by atoms with E-state index in [2.05, 4.69) is 10.3 Å². The average molecular weight is 249 g/mol. The summed E-state index contributed by atoms with van der Waals surface area (Å²) in [7, 11) is 0. The number of quaternary nitrogens is 1. The van der Waals surface area contributed by atoms with Crippen molar-refractivity contribution in [2.75, 3.05) is 19.6 Å². The highest BCUT2D eigenvalue weighted by atomic mass is 19.1. The van der Waals surface area contributed by atoms with Crippen LogP contribution < -0.4 is 9.96 Å². The lowest BCUT2D eigenvalue weighted by Crippen LogP contribution is -2.63. The number of halogens is 1. The summed E-state index contributed by atoms with van der Waals surface area (Å²) in [5.74, 6) is -0.319. The lowest BCUT2D eigenvalue weighted by Gasteiger charge is -2.51. The molecule has 0 amide bonds. The summed E-state index contributed by atoms with van der Waals surface area (Å²) in [4.78, 5) is 4.23. The van der Waals surface area contributed by atoms with Crippen LogP contribution in [-0.2, 0) is 0 Å². The van der Waals surface area contributed by atoms with Crippen LogP contribution in [0.3, 0.4) is 0 Å². The third-order valence-corrected chi connectivity index (χ3v) is 4.08. The van der Waals surface area contributed by atoms with E-state index in [4.69, 9.17) is 0 Å². The molecule has 1 aromatic carbocycles. The fourth-order valence-corrected chi connectivity index (χ4v) is 2.94. The molecule has 1 saturated heterocycles. The molecule has 18 heavy (non-hydrogen) atoms. The second-order valence-corrected chi connectivity index (χ2v) is 5.06. The highest BCUT2D eigenvalue weighted by molar-refractivity contribution is 5.78. The van der Waals surface area contributed by atoms with Crippen LogP contribution in [0, 0.1) is 11.0 Å². The monoisotopic (exact) mass is 249 g/mol. The van der Waals surface area contributed by atoms with Gasteiger partial charge in [0, 0.05) is 38.1 Å². The van der Waals surface area contributed by atoms with Crippen molar-refractivity contribution in [2.24, 2.45) is 4.99 Å². The van der Waals surface area contributed by atoms with E-state index < -0.39 is 10.2 Å². The summed E-state index contributed by atoms with van der Waals surface area (Å²) in [6.07, 6.45) is 3.07. The Kier molecular flexibility index (Phi) is 2.69. The Morgan fingerprint density at radius 2 is 1.89 bits per heavy atom. The summed E-state index contributed by atoms with van der Waals surface area (Å²) < 4.78 is 12.4. The Balaban J connectivity index is 2.01. The smallest absolute Gasteiger partial charge is 0.191 e. The van der Waals surface area contributed by atoms with Gasteiger partial charge in [-0.05, 0) is 12.1 Å². The third kappa shape index (κ3) is 1.59. The predicted molar refractivity (Wildman–Crippen MR) is 69.8 cm³/mol. The Bertz CT molecular complexity index is 468. The van der Waals surface area contributed by atoms with Crippen molar-refractivity contribution < 1.29 is 4.39 Å². The zero-order valence-electron chi connectivity index (χ0n) is 10.1. The summed E-state index contributed by atoms with van der Waals surface area (Å²) in [6, 6.07) is 5.83. The second-order valence-electron chi connectivity index (χ2n) is 5.06. The first-order valence-corrected chi connectivity index (χ1v) is 6.24. The van der Waals surface area contributed by atoms with Gasteiger partial charge >= 0.3 is 0 Å². The third-order valence-electron chi connectivity index (χ3n) is 4.08. The Morgan fingerprint density at radius 3 is 2.56 bits per heavy atom. The highest BCUT2D eigenvalue weighted by Gasteiger charge is 2.50. The van der Waals surface area contributed by atoms with Gasteiger partial charge in [-0.3, -0.25) is 4.65 Å². The van der Waals surface area contributed by atoms with Crippen molar-refractivity contribution in [3.63, 3.8) is 0 Å². The van der Waals surface area contributed by atoms with E-state index >= 15 is 0 Å². The molecule has 3 rings (SSSR count). The number of aliphatic imine (C=N–C) groups is 1. The molecule has 2 aliphatic heterocycles. The highest BCUT2D eigenvalue weighted by Crippen LogP contribution is 2.40. The number of benzene rings is 1. The standard InChI is InChI=1S/C13H16FN3O/c14-11-1-3-12(4-2-11)17(18)10-16-9-13(17)5-7-15-8-6-13/h1-4,10,15H,5-9H2. The number of rotatable bonds is 1. The molecule has 96 valence electrons. The first kappa shape index (κ1) is 11.8. The van der Waals surface area contributed by atoms with Crippen molar-refractivity contribution in [1.82, 2.24) is 9.96 Å². The molecule has 0 radical (unpaired) electrons. The van der Waals surface area contributed by atoms with Gasteiger partial charge in [0.2, 0.25) is 0 Å². The summed E-state index contributed by atoms with van der Waals surface area (Å²) in [6.45, 7) is 2.25. The summed E-state index contributed by atoms with van der Waals surface area (Å²) >= 11 is 0. The molecule has 0 aliphatic carbocycles. The largest absolute Gasteiger partial charge is 0.621 e. The number of nitrogens with one attached hydrogen (secondary N) is 1. The van der Waals surface area contributed by atoms with Crippen LogP contribution in [0.1, 0.15) is 12.8 Å². The van der Waals surface area contributed by atoms with Gasteiger partial charge < -0.3 is 10.5 Å². The molecule has 5 heteroatoms. The average Bonchev–Trinajstić information content (AvgIpc) is 2.70. The van der Waals surface area contributed by atoms with Crippen molar-refractivity contribution in [3.8, 4) is 0 Å². The van der Waals surface area contributed by atoms with Crippen molar-refractivity contribution in [2.45, 2.75) is 18.4 Å². The predicted octanol–water partition coefficient (Wildman–Crippen LogP) is 1.79. The fraction of sp³-hybridized carbons (Fsp3) is 0.462. The molecule has 1 unspecified atom stereocenters. The van der Waals surface area contributed by atoms with E-state index in [1.54, 1.807) is 12.1 Å². The van der Waals surface area contributed by atoms with E-state index in [0.717, 1.165) is 25.9 Å². The number of piperidine rings is 1. The zero-order valence-corrected chi connectivity index (χ0v) is 10.1. The maximum Gasteiger partial charge on any atom is 0.191 e. The molecule has 4 nitrogen and oxygen atoms in total. The minimum atomic E-state index is -0.547. The van der Waals surface area contributed by atoms with E-state index in [-0.39, 0.29) is 5.82 Å². The molecule has 1 N–H and O–H groups in total. The van der Waals surface area contributed by atoms with Gasteiger partial charge in [-0.25, -0.2) is 9.38 Å². The molecule has 1 aromatic rings. The van der Waals surface area contributed by atoms with Crippen LogP contribution in [0.5, 0.6) is 0 Å². The van der Waals surface area contributed by atoms with E-state index in [9.17, 15) is 9.60 Å². The van der Waals surface area contributed by atoms with Crippen molar-refractivity contribution in [1.29, 1.82) is 0 Å². The molecule has 0 bridgehead atoms. The summed E-state index contributed by atoms with van der Waals surface area (Å²) in [5, 5.41) is 16.4. The quantitative estimate of drug-likeness (QED) is 0.609. The number of hydrogen-bond donors (Lipinski definition) is 1. The fourth-order valence-electron chi connectivity index (χ4n) is 2.94. The van der Waals surface area contributed by atoms with Gasteiger partial charge in [0.05, 0.1) is 0 Å². The lowest BCUT2D eigenvalue weighted by atomic mass is 9.86. The number of nitrogens with zero attached hydrogens (tertiary/aromatic N) is 2. The van der Waals surface area contributed by atoms with Crippen LogP contribution in [0.15, 0.2) is 29.3 Å². The summed E-state index contributed by atoms with van der Waals surface area (Å²) in [5.41, 5.74) is 0.169. The molecular formula is C13H16FN3O. The van der Waals surface area contributed by atoms with Crippen molar-refractivity contribution >= 4 is 12.0 Å². The molecule has 1 spiro atoms. The molecule has 1 fully saturated rings. The lowest BCUT2D eigenvalue weighted by molar-refractivity contribution is 0.200. The van der Waals surface area contributed by atoms with Crippen LogP contribution >= 0.6 is 0 Å². The van der Waals surface area contributed by atoms with Gasteiger partial charge in [0.1, 0.15) is 23.6 Å². The Hall–Kier alpha value is -1.30. The topological polar surface area (TPSA) is 47.5 Å². The molecule has 2 aliphatic rings.